The first-order valence-electron chi connectivity index (χ1n) is 6.22. The zero-order valence-electron chi connectivity index (χ0n) is 9.63. The summed E-state index contributed by atoms with van der Waals surface area (Å²) in [7, 11) is 2.09. The molecule has 82 valence electrons. The second-order valence-corrected chi connectivity index (χ2v) is 5.05. The molecule has 1 aliphatic heterocycles. The fourth-order valence-electron chi connectivity index (χ4n) is 3.13. The number of nitrogens with zero attached hydrogens (tertiary/aromatic N) is 1. The third-order valence-corrected chi connectivity index (χ3v) is 4.29. The van der Waals surface area contributed by atoms with E-state index in [9.17, 15) is 0 Å². The van der Waals surface area contributed by atoms with Crippen LogP contribution in [0, 0.1) is 5.92 Å². The summed E-state index contributed by atoms with van der Waals surface area (Å²) in [4.78, 5) is 2.69. The Bertz CT molecular complexity index is 175. The van der Waals surface area contributed by atoms with Crippen molar-refractivity contribution in [1.82, 2.24) is 10.2 Å². The molecule has 0 bridgehead atoms. The first-order chi connectivity index (χ1) is 6.81. The van der Waals surface area contributed by atoms with E-state index in [1.807, 2.05) is 0 Å². The van der Waals surface area contributed by atoms with Crippen molar-refractivity contribution in [3.05, 3.63) is 0 Å². The predicted molar refractivity (Wildman–Crippen MR) is 60.5 cm³/mol. The molecule has 2 fully saturated rings. The number of nitrogens with one attached hydrogen (secondary N) is 1. The van der Waals surface area contributed by atoms with E-state index < -0.39 is 0 Å². The van der Waals surface area contributed by atoms with Gasteiger partial charge in [-0.25, -0.2) is 0 Å². The second-order valence-electron chi connectivity index (χ2n) is 5.05. The Kier molecular flexibility index (Phi) is 3.45. The lowest BCUT2D eigenvalue weighted by Crippen LogP contribution is -2.38. The van der Waals surface area contributed by atoms with E-state index in [2.05, 4.69) is 24.2 Å². The van der Waals surface area contributed by atoms with Crippen LogP contribution < -0.4 is 5.32 Å². The normalized spacial score (nSPS) is 32.6. The maximum Gasteiger partial charge on any atom is 0.0204 e. The van der Waals surface area contributed by atoms with Crippen molar-refractivity contribution in [3.8, 4) is 0 Å². The van der Waals surface area contributed by atoms with Crippen LogP contribution in [0.1, 0.15) is 39.0 Å². The molecule has 1 N–H and O–H groups in total. The van der Waals surface area contributed by atoms with E-state index in [-0.39, 0.29) is 0 Å². The van der Waals surface area contributed by atoms with Crippen LogP contribution in [0.25, 0.3) is 0 Å². The van der Waals surface area contributed by atoms with Crippen LogP contribution in [-0.2, 0) is 0 Å². The van der Waals surface area contributed by atoms with Gasteiger partial charge in [0.25, 0.3) is 0 Å². The van der Waals surface area contributed by atoms with Crippen molar-refractivity contribution in [3.63, 3.8) is 0 Å². The van der Waals surface area contributed by atoms with Gasteiger partial charge in [-0.1, -0.05) is 12.8 Å². The van der Waals surface area contributed by atoms with Gasteiger partial charge in [-0.2, -0.15) is 0 Å². The molecule has 0 spiro atoms. The van der Waals surface area contributed by atoms with Crippen LogP contribution >= 0.6 is 0 Å². The Morgan fingerprint density at radius 2 is 1.93 bits per heavy atom. The zero-order valence-corrected chi connectivity index (χ0v) is 9.63. The molecule has 1 saturated carbocycles. The molecule has 0 radical (unpaired) electrons. The predicted octanol–water partition coefficient (Wildman–Crippen LogP) is 1.86. The maximum atomic E-state index is 3.40. The van der Waals surface area contributed by atoms with Crippen LogP contribution in [0.3, 0.4) is 0 Å². The summed E-state index contributed by atoms with van der Waals surface area (Å²) >= 11 is 0. The fraction of sp³-hybridized carbons (Fsp3) is 1.00. The number of likely N-dealkylation sites (N-methyl/N-ethyl adjacent to an activating group) is 1. The van der Waals surface area contributed by atoms with Crippen molar-refractivity contribution < 1.29 is 0 Å². The molecule has 0 aromatic carbocycles. The summed E-state index contributed by atoms with van der Waals surface area (Å²) in [6, 6.07) is 1.58. The van der Waals surface area contributed by atoms with Gasteiger partial charge >= 0.3 is 0 Å². The molecule has 1 saturated heterocycles. The zero-order chi connectivity index (χ0) is 9.97. The summed E-state index contributed by atoms with van der Waals surface area (Å²) in [6.07, 6.45) is 7.23. The highest BCUT2D eigenvalue weighted by Gasteiger charge is 2.30. The second kappa shape index (κ2) is 4.63. The standard InChI is InChI=1S/C12H24N2/c1-10(11-5-3-4-6-11)14-8-7-12(9-14)13-2/h10-13H,3-9H2,1-2H3. The fourth-order valence-corrected chi connectivity index (χ4v) is 3.13. The SMILES string of the molecule is CNC1CCN(C(C)C2CCCC2)C1. The average molecular weight is 196 g/mol. The van der Waals surface area contributed by atoms with Crippen molar-refractivity contribution in [1.29, 1.82) is 0 Å². The van der Waals surface area contributed by atoms with E-state index in [4.69, 9.17) is 0 Å². The van der Waals surface area contributed by atoms with Crippen LogP contribution in [0.4, 0.5) is 0 Å². The molecule has 2 unspecified atom stereocenters. The summed E-state index contributed by atoms with van der Waals surface area (Å²) < 4.78 is 0. The smallest absolute Gasteiger partial charge is 0.0204 e. The highest BCUT2D eigenvalue weighted by Crippen LogP contribution is 2.31. The summed E-state index contributed by atoms with van der Waals surface area (Å²) in [5.74, 6) is 0.991. The van der Waals surface area contributed by atoms with Crippen LogP contribution in [-0.4, -0.2) is 37.1 Å². The van der Waals surface area contributed by atoms with E-state index in [0.29, 0.717) is 0 Å². The lowest BCUT2D eigenvalue weighted by atomic mass is 9.99. The Morgan fingerprint density at radius 3 is 2.50 bits per heavy atom. The molecule has 1 heterocycles. The molecule has 0 aromatic rings. The molecular weight excluding hydrogens is 172 g/mol. The molecule has 0 aromatic heterocycles. The average Bonchev–Trinajstić information content (AvgIpc) is 2.88. The molecule has 2 aliphatic rings. The summed E-state index contributed by atoms with van der Waals surface area (Å²) in [5, 5.41) is 3.40. The minimum Gasteiger partial charge on any atom is -0.316 e. The van der Waals surface area contributed by atoms with E-state index >= 15 is 0 Å². The quantitative estimate of drug-likeness (QED) is 0.741. The highest BCUT2D eigenvalue weighted by molar-refractivity contribution is 4.87. The highest BCUT2D eigenvalue weighted by atomic mass is 15.2. The molecule has 1 aliphatic carbocycles. The van der Waals surface area contributed by atoms with Crippen molar-refractivity contribution >= 4 is 0 Å². The van der Waals surface area contributed by atoms with Gasteiger partial charge < -0.3 is 5.32 Å². The maximum absolute atomic E-state index is 3.40. The summed E-state index contributed by atoms with van der Waals surface area (Å²) in [5.41, 5.74) is 0. The van der Waals surface area contributed by atoms with E-state index in [0.717, 1.165) is 18.0 Å². The lowest BCUT2D eigenvalue weighted by Gasteiger charge is -2.29. The first kappa shape index (κ1) is 10.4. The number of likely N-dealkylation sites (tertiary alicyclic amines) is 1. The molecule has 0 amide bonds. The Morgan fingerprint density at radius 1 is 1.21 bits per heavy atom. The van der Waals surface area contributed by atoms with Gasteiger partial charge in [0.05, 0.1) is 0 Å². The third kappa shape index (κ3) is 2.12. The van der Waals surface area contributed by atoms with Gasteiger partial charge in [-0.15, -0.1) is 0 Å². The Labute approximate surface area is 88.1 Å². The van der Waals surface area contributed by atoms with Crippen molar-refractivity contribution in [2.75, 3.05) is 20.1 Å². The van der Waals surface area contributed by atoms with Crippen molar-refractivity contribution in [2.45, 2.75) is 51.1 Å². The van der Waals surface area contributed by atoms with Gasteiger partial charge in [0.2, 0.25) is 0 Å². The summed E-state index contributed by atoms with van der Waals surface area (Å²) in [6.45, 7) is 5.02. The van der Waals surface area contributed by atoms with Gasteiger partial charge in [0.1, 0.15) is 0 Å². The topological polar surface area (TPSA) is 15.3 Å². The minimum atomic E-state index is 0.749. The molecule has 2 rings (SSSR count). The van der Waals surface area contributed by atoms with E-state index in [1.54, 1.807) is 0 Å². The van der Waals surface area contributed by atoms with Crippen LogP contribution in [0.15, 0.2) is 0 Å². The van der Waals surface area contributed by atoms with Gasteiger partial charge in [-0.05, 0) is 39.2 Å². The number of hydrogen-bond donors (Lipinski definition) is 1. The largest absolute Gasteiger partial charge is 0.316 e. The Hall–Kier alpha value is -0.0800. The number of hydrogen-bond acceptors (Lipinski definition) is 2. The first-order valence-corrected chi connectivity index (χ1v) is 6.22. The number of rotatable bonds is 3. The Balaban J connectivity index is 1.83. The minimum absolute atomic E-state index is 0.749. The van der Waals surface area contributed by atoms with Crippen LogP contribution in [0.2, 0.25) is 0 Å². The van der Waals surface area contributed by atoms with Gasteiger partial charge in [0.15, 0.2) is 0 Å². The molecule has 2 nitrogen and oxygen atoms in total. The molecule has 14 heavy (non-hydrogen) atoms. The molecule has 2 atom stereocenters. The monoisotopic (exact) mass is 196 g/mol. The third-order valence-electron chi connectivity index (χ3n) is 4.29. The van der Waals surface area contributed by atoms with Gasteiger partial charge in [0, 0.05) is 25.2 Å². The van der Waals surface area contributed by atoms with Gasteiger partial charge in [-0.3, -0.25) is 4.90 Å². The molecule has 2 heteroatoms. The van der Waals surface area contributed by atoms with Crippen LogP contribution in [0.5, 0.6) is 0 Å². The lowest BCUT2D eigenvalue weighted by molar-refractivity contribution is 0.187. The van der Waals surface area contributed by atoms with Crippen molar-refractivity contribution in [2.24, 2.45) is 5.92 Å². The van der Waals surface area contributed by atoms with E-state index in [1.165, 1.54) is 45.2 Å². The molecular formula is C12H24N2.